The Kier molecular flexibility index (Phi) is 6.18. The quantitative estimate of drug-likeness (QED) is 0.575. The maximum atomic E-state index is 4.24. The molecule has 0 N–H and O–H groups in total. The fourth-order valence-electron chi connectivity index (χ4n) is 1.62. The van der Waals surface area contributed by atoms with E-state index in [-0.39, 0.29) is 5.41 Å². The Morgan fingerprint density at radius 3 is 2.36 bits per heavy atom. The van der Waals surface area contributed by atoms with Crippen LogP contribution >= 0.6 is 0 Å². The van der Waals surface area contributed by atoms with Crippen LogP contribution in [0.25, 0.3) is 0 Å². The van der Waals surface area contributed by atoms with E-state index < -0.39 is 0 Å². The molecule has 1 nitrogen and oxygen atoms in total. The van der Waals surface area contributed by atoms with Gasteiger partial charge in [-0.2, -0.15) is 0 Å². The molecule has 0 fully saturated rings. The Morgan fingerprint density at radius 1 is 1.29 bits per heavy atom. The van der Waals surface area contributed by atoms with Gasteiger partial charge in [0.1, 0.15) is 0 Å². The van der Waals surface area contributed by atoms with Crippen LogP contribution in [0.5, 0.6) is 0 Å². The van der Waals surface area contributed by atoms with Gasteiger partial charge in [-0.1, -0.05) is 39.3 Å². The smallest absolute Gasteiger partial charge is 0.0301 e. The molecule has 0 saturated heterocycles. The van der Waals surface area contributed by atoms with E-state index in [1.54, 1.807) is 0 Å². The normalized spacial score (nSPS) is 14.5. The zero-order valence-electron chi connectivity index (χ0n) is 10.2. The third-order valence-electron chi connectivity index (χ3n) is 2.42. The van der Waals surface area contributed by atoms with Crippen LogP contribution in [-0.4, -0.2) is 6.21 Å². The lowest BCUT2D eigenvalue weighted by molar-refractivity contribution is 0.418. The SMILES string of the molecule is C\C=C/N=C\C(=C/C)C(C)(C)CCC. The van der Waals surface area contributed by atoms with E-state index in [0.29, 0.717) is 0 Å². The zero-order valence-corrected chi connectivity index (χ0v) is 10.2. The van der Waals surface area contributed by atoms with Crippen molar-refractivity contribution in [2.24, 2.45) is 10.4 Å². The molecule has 80 valence electrons. The third kappa shape index (κ3) is 4.40. The fraction of sp³-hybridized carbons (Fsp3) is 0.615. The molecule has 0 bridgehead atoms. The van der Waals surface area contributed by atoms with Crippen molar-refractivity contribution in [3.63, 3.8) is 0 Å². The molecule has 0 amide bonds. The number of aliphatic imine (C=N–C) groups is 1. The molecule has 0 saturated carbocycles. The van der Waals surface area contributed by atoms with Crippen LogP contribution in [0.3, 0.4) is 0 Å². The Bertz CT molecular complexity index is 232. The summed E-state index contributed by atoms with van der Waals surface area (Å²) in [6.07, 6.45) is 10.3. The predicted molar refractivity (Wildman–Crippen MR) is 65.8 cm³/mol. The van der Waals surface area contributed by atoms with Gasteiger partial charge in [-0.3, -0.25) is 4.99 Å². The molecule has 0 spiro atoms. The Balaban J connectivity index is 4.56. The van der Waals surface area contributed by atoms with Gasteiger partial charge in [-0.15, -0.1) is 0 Å². The highest BCUT2D eigenvalue weighted by atomic mass is 14.7. The van der Waals surface area contributed by atoms with Crippen LogP contribution in [0.1, 0.15) is 47.5 Å². The van der Waals surface area contributed by atoms with Crippen molar-refractivity contribution < 1.29 is 0 Å². The summed E-state index contributed by atoms with van der Waals surface area (Å²) in [5.41, 5.74) is 1.56. The molecule has 0 heterocycles. The van der Waals surface area contributed by atoms with Gasteiger partial charge >= 0.3 is 0 Å². The van der Waals surface area contributed by atoms with E-state index in [1.807, 2.05) is 25.4 Å². The molecule has 0 rings (SSSR count). The first kappa shape index (κ1) is 13.2. The van der Waals surface area contributed by atoms with E-state index in [2.05, 4.69) is 38.8 Å². The molecule has 0 aliphatic carbocycles. The Morgan fingerprint density at radius 2 is 1.93 bits per heavy atom. The van der Waals surface area contributed by atoms with Crippen LogP contribution in [0, 0.1) is 5.41 Å². The van der Waals surface area contributed by atoms with Gasteiger partial charge in [0.25, 0.3) is 0 Å². The van der Waals surface area contributed by atoms with Gasteiger partial charge < -0.3 is 0 Å². The van der Waals surface area contributed by atoms with Crippen LogP contribution in [0.15, 0.2) is 28.9 Å². The summed E-state index contributed by atoms with van der Waals surface area (Å²) in [6, 6.07) is 0. The average Bonchev–Trinajstić information content (AvgIpc) is 2.12. The molecule has 0 aromatic rings. The molecule has 0 unspecified atom stereocenters. The van der Waals surface area contributed by atoms with Crippen molar-refractivity contribution in [3.05, 3.63) is 23.9 Å². The first-order chi connectivity index (χ1) is 6.58. The largest absolute Gasteiger partial charge is 0.265 e. The van der Waals surface area contributed by atoms with Crippen molar-refractivity contribution >= 4 is 6.21 Å². The van der Waals surface area contributed by atoms with Crippen molar-refractivity contribution in [2.45, 2.75) is 47.5 Å². The van der Waals surface area contributed by atoms with E-state index in [1.165, 1.54) is 18.4 Å². The molecule has 1 heteroatoms. The zero-order chi connectivity index (χ0) is 11.0. The van der Waals surface area contributed by atoms with Crippen molar-refractivity contribution in [3.8, 4) is 0 Å². The molecular weight excluding hydrogens is 170 g/mol. The first-order valence-corrected chi connectivity index (χ1v) is 5.39. The van der Waals surface area contributed by atoms with E-state index >= 15 is 0 Å². The topological polar surface area (TPSA) is 12.4 Å². The maximum absolute atomic E-state index is 4.24. The monoisotopic (exact) mass is 193 g/mol. The standard InChI is InChI=1S/C13H23N/c1-6-9-13(4,5)12(8-3)11-14-10-7-2/h7-8,10-11H,6,9H2,1-5H3/b10-7-,12-8+,14-11-. The summed E-state index contributed by atoms with van der Waals surface area (Å²) in [7, 11) is 0. The van der Waals surface area contributed by atoms with Crippen molar-refractivity contribution in [1.82, 2.24) is 0 Å². The van der Waals surface area contributed by atoms with Crippen LogP contribution < -0.4 is 0 Å². The maximum Gasteiger partial charge on any atom is 0.0301 e. The Labute approximate surface area is 88.6 Å². The highest BCUT2D eigenvalue weighted by Gasteiger charge is 2.19. The molecule has 0 atom stereocenters. The van der Waals surface area contributed by atoms with Crippen molar-refractivity contribution in [1.29, 1.82) is 0 Å². The number of hydrogen-bond donors (Lipinski definition) is 0. The molecule has 0 aliphatic rings. The second-order valence-corrected chi connectivity index (χ2v) is 4.14. The second kappa shape index (κ2) is 6.58. The molecule has 14 heavy (non-hydrogen) atoms. The van der Waals surface area contributed by atoms with Gasteiger partial charge in [0.05, 0.1) is 0 Å². The number of hydrogen-bond acceptors (Lipinski definition) is 1. The number of rotatable bonds is 5. The lowest BCUT2D eigenvalue weighted by Gasteiger charge is -2.25. The fourth-order valence-corrected chi connectivity index (χ4v) is 1.62. The van der Waals surface area contributed by atoms with Crippen LogP contribution in [-0.2, 0) is 0 Å². The lowest BCUT2D eigenvalue weighted by atomic mass is 9.80. The second-order valence-electron chi connectivity index (χ2n) is 4.14. The summed E-state index contributed by atoms with van der Waals surface area (Å²) in [5.74, 6) is 0. The third-order valence-corrected chi connectivity index (χ3v) is 2.42. The Hall–Kier alpha value is -0.850. The van der Waals surface area contributed by atoms with E-state index in [9.17, 15) is 0 Å². The summed E-state index contributed by atoms with van der Waals surface area (Å²) >= 11 is 0. The molecule has 0 aromatic heterocycles. The molecule has 0 radical (unpaired) electrons. The minimum Gasteiger partial charge on any atom is -0.265 e. The summed E-state index contributed by atoms with van der Waals surface area (Å²) in [5, 5.41) is 0. The van der Waals surface area contributed by atoms with Gasteiger partial charge in [0.2, 0.25) is 0 Å². The molecular formula is C13H23N. The number of nitrogens with zero attached hydrogens (tertiary/aromatic N) is 1. The van der Waals surface area contributed by atoms with Gasteiger partial charge in [-0.25, -0.2) is 0 Å². The van der Waals surface area contributed by atoms with E-state index in [0.717, 1.165) is 0 Å². The van der Waals surface area contributed by atoms with Gasteiger partial charge in [-0.05, 0) is 31.3 Å². The number of allylic oxidation sites excluding steroid dienone is 3. The van der Waals surface area contributed by atoms with Crippen LogP contribution in [0.4, 0.5) is 0 Å². The van der Waals surface area contributed by atoms with Gasteiger partial charge in [0, 0.05) is 12.4 Å². The van der Waals surface area contributed by atoms with Gasteiger partial charge in [0.15, 0.2) is 0 Å². The first-order valence-electron chi connectivity index (χ1n) is 5.39. The summed E-state index contributed by atoms with van der Waals surface area (Å²) in [6.45, 7) is 10.8. The molecule has 0 aliphatic heterocycles. The highest BCUT2D eigenvalue weighted by molar-refractivity contribution is 5.80. The average molecular weight is 193 g/mol. The predicted octanol–water partition coefficient (Wildman–Crippen LogP) is 4.36. The lowest BCUT2D eigenvalue weighted by Crippen LogP contribution is -2.15. The minimum absolute atomic E-state index is 0.245. The summed E-state index contributed by atoms with van der Waals surface area (Å²) in [4.78, 5) is 4.24. The van der Waals surface area contributed by atoms with Crippen molar-refractivity contribution in [2.75, 3.05) is 0 Å². The van der Waals surface area contributed by atoms with E-state index in [4.69, 9.17) is 0 Å². The summed E-state index contributed by atoms with van der Waals surface area (Å²) < 4.78 is 0. The minimum atomic E-state index is 0.245. The highest BCUT2D eigenvalue weighted by Crippen LogP contribution is 2.30. The molecule has 0 aromatic carbocycles. The van der Waals surface area contributed by atoms with Crippen LogP contribution in [0.2, 0.25) is 0 Å².